The molecule has 4 nitrogen and oxygen atoms in total. The number of anilines is 1. The molecule has 0 aliphatic heterocycles. The molecule has 0 radical (unpaired) electrons. The molecule has 0 aliphatic carbocycles. The second kappa shape index (κ2) is 5.50. The summed E-state index contributed by atoms with van der Waals surface area (Å²) in [6.45, 7) is 4.20. The predicted molar refractivity (Wildman–Crippen MR) is 88.6 cm³/mol. The molecule has 0 fully saturated rings. The molecule has 108 valence electrons. The van der Waals surface area contributed by atoms with Crippen LogP contribution in [0.1, 0.15) is 19.9 Å². The molecule has 6 heteroatoms. The minimum absolute atomic E-state index is 0.284. The third-order valence-corrected chi connectivity index (χ3v) is 4.40. The van der Waals surface area contributed by atoms with E-state index in [2.05, 4.69) is 18.8 Å². The van der Waals surface area contributed by atoms with Crippen molar-refractivity contribution in [2.24, 2.45) is 0 Å². The van der Waals surface area contributed by atoms with Crippen LogP contribution < -0.4 is 5.73 Å². The molecule has 3 aromatic rings. The highest BCUT2D eigenvalue weighted by molar-refractivity contribution is 7.19. The van der Waals surface area contributed by atoms with Gasteiger partial charge in [-0.05, 0) is 43.7 Å². The molecule has 0 aliphatic rings. The number of nitrogens with two attached hydrogens (primary N) is 1. The second-order valence-corrected chi connectivity index (χ2v) is 6.75. The number of hydrogen-bond donors (Lipinski definition) is 1. The van der Waals surface area contributed by atoms with Gasteiger partial charge in [0.05, 0.1) is 9.21 Å². The molecule has 0 amide bonds. The first-order valence-corrected chi connectivity index (χ1v) is 7.81. The van der Waals surface area contributed by atoms with Crippen LogP contribution in [0.25, 0.3) is 21.7 Å². The van der Waals surface area contributed by atoms with Crippen LogP contribution in [0.2, 0.25) is 4.34 Å². The lowest BCUT2D eigenvalue weighted by Crippen LogP contribution is -2.00. The number of hydrogen-bond acceptors (Lipinski definition) is 4. The minimum atomic E-state index is 0.284. The van der Waals surface area contributed by atoms with Crippen molar-refractivity contribution in [1.29, 1.82) is 0 Å². The van der Waals surface area contributed by atoms with Gasteiger partial charge in [0.1, 0.15) is 11.5 Å². The highest BCUT2D eigenvalue weighted by atomic mass is 35.5. The third kappa shape index (κ3) is 2.80. The van der Waals surface area contributed by atoms with E-state index in [1.807, 2.05) is 35.1 Å². The molecule has 2 N–H and O–H groups in total. The van der Waals surface area contributed by atoms with E-state index in [-0.39, 0.29) is 6.04 Å². The van der Waals surface area contributed by atoms with Crippen molar-refractivity contribution in [2.75, 3.05) is 5.73 Å². The van der Waals surface area contributed by atoms with Crippen molar-refractivity contribution in [3.05, 3.63) is 41.0 Å². The lowest BCUT2D eigenvalue weighted by Gasteiger charge is -2.03. The lowest BCUT2D eigenvalue weighted by molar-refractivity contribution is 0.534. The molecule has 3 rings (SSSR count). The Labute approximate surface area is 132 Å². The smallest absolute Gasteiger partial charge is 0.123 e. The maximum Gasteiger partial charge on any atom is 0.123 e. The summed E-state index contributed by atoms with van der Waals surface area (Å²) in [4.78, 5) is 5.09. The highest BCUT2D eigenvalue weighted by Gasteiger charge is 2.16. The van der Waals surface area contributed by atoms with E-state index < -0.39 is 0 Å². The van der Waals surface area contributed by atoms with E-state index in [0.717, 1.165) is 26.0 Å². The fraction of sp³-hybridized carbons (Fsp3) is 0.200. The first kappa shape index (κ1) is 14.1. The molecule has 0 saturated carbocycles. The summed E-state index contributed by atoms with van der Waals surface area (Å²) < 4.78 is 2.71. The van der Waals surface area contributed by atoms with Gasteiger partial charge in [0.15, 0.2) is 0 Å². The van der Waals surface area contributed by atoms with Gasteiger partial charge < -0.3 is 5.73 Å². The van der Waals surface area contributed by atoms with Crippen molar-refractivity contribution >= 4 is 28.8 Å². The van der Waals surface area contributed by atoms with Crippen LogP contribution in [0.4, 0.5) is 5.82 Å². The second-order valence-electron chi connectivity index (χ2n) is 5.04. The van der Waals surface area contributed by atoms with Crippen LogP contribution >= 0.6 is 22.9 Å². The van der Waals surface area contributed by atoms with Crippen molar-refractivity contribution in [1.82, 2.24) is 14.8 Å². The summed E-state index contributed by atoms with van der Waals surface area (Å²) >= 11 is 7.58. The average molecular weight is 319 g/mol. The predicted octanol–water partition coefficient (Wildman–Crippen LogP) is 4.49. The Balaban J connectivity index is 2.18. The van der Waals surface area contributed by atoms with E-state index >= 15 is 0 Å². The number of halogens is 1. The molecule has 3 heterocycles. The van der Waals surface area contributed by atoms with Crippen LogP contribution in [0.15, 0.2) is 36.7 Å². The van der Waals surface area contributed by atoms with Gasteiger partial charge in [0.25, 0.3) is 0 Å². The van der Waals surface area contributed by atoms with Crippen molar-refractivity contribution in [2.45, 2.75) is 19.9 Å². The Hall–Kier alpha value is -1.85. The van der Waals surface area contributed by atoms with Gasteiger partial charge in [-0.1, -0.05) is 11.6 Å². The third-order valence-electron chi connectivity index (χ3n) is 3.16. The molecular weight excluding hydrogens is 304 g/mol. The van der Waals surface area contributed by atoms with Gasteiger partial charge in [0.2, 0.25) is 0 Å². The monoisotopic (exact) mass is 318 g/mol. The maximum atomic E-state index is 6.06. The normalized spacial score (nSPS) is 11.2. The molecule has 0 bridgehead atoms. The molecule has 0 aromatic carbocycles. The average Bonchev–Trinajstić information content (AvgIpc) is 3.04. The zero-order chi connectivity index (χ0) is 15.0. The van der Waals surface area contributed by atoms with Gasteiger partial charge >= 0.3 is 0 Å². The highest BCUT2D eigenvalue weighted by Crippen LogP contribution is 2.37. The molecule has 0 unspecified atom stereocenters. The number of pyridine rings is 1. The van der Waals surface area contributed by atoms with Crippen molar-refractivity contribution in [3.8, 4) is 21.7 Å². The van der Waals surface area contributed by atoms with Gasteiger partial charge in [-0.15, -0.1) is 11.3 Å². The van der Waals surface area contributed by atoms with Crippen LogP contribution in [-0.2, 0) is 0 Å². The van der Waals surface area contributed by atoms with E-state index in [1.165, 1.54) is 11.3 Å². The van der Waals surface area contributed by atoms with Crippen molar-refractivity contribution in [3.63, 3.8) is 0 Å². The molecule has 3 aromatic heterocycles. The van der Waals surface area contributed by atoms with Gasteiger partial charge in [0, 0.05) is 24.0 Å². The summed E-state index contributed by atoms with van der Waals surface area (Å²) in [5.74, 6) is 0.500. The minimum Gasteiger partial charge on any atom is -0.384 e. The standard InChI is InChI=1S/C15H15ClN4S/c1-9(2)20-8-11(10-5-6-18-14(17)7-10)15(19-20)12-3-4-13(16)21-12/h3-9H,1-2H3,(H2,17,18). The quantitative estimate of drug-likeness (QED) is 0.774. The summed E-state index contributed by atoms with van der Waals surface area (Å²) in [6, 6.07) is 7.97. The number of thiophene rings is 1. The van der Waals surface area contributed by atoms with Gasteiger partial charge in [-0.2, -0.15) is 5.10 Å². The number of nitrogens with zero attached hydrogens (tertiary/aromatic N) is 3. The maximum absolute atomic E-state index is 6.06. The number of rotatable bonds is 3. The summed E-state index contributed by atoms with van der Waals surface area (Å²) in [5, 5.41) is 4.71. The number of aromatic nitrogens is 3. The Morgan fingerprint density at radius 1 is 1.29 bits per heavy atom. The van der Waals surface area contributed by atoms with Crippen LogP contribution in [0.3, 0.4) is 0 Å². The molecule has 0 atom stereocenters. The van der Waals surface area contributed by atoms with Crippen LogP contribution in [-0.4, -0.2) is 14.8 Å². The van der Waals surface area contributed by atoms with E-state index in [0.29, 0.717) is 5.82 Å². The number of nitrogen functional groups attached to an aromatic ring is 1. The van der Waals surface area contributed by atoms with Gasteiger partial charge in [-0.25, -0.2) is 4.98 Å². The fourth-order valence-electron chi connectivity index (χ4n) is 2.11. The summed E-state index contributed by atoms with van der Waals surface area (Å²) in [6.07, 6.45) is 3.75. The molecule has 21 heavy (non-hydrogen) atoms. The van der Waals surface area contributed by atoms with Gasteiger partial charge in [-0.3, -0.25) is 4.68 Å². The Bertz CT molecular complexity index is 776. The zero-order valence-electron chi connectivity index (χ0n) is 11.7. The SMILES string of the molecule is CC(C)n1cc(-c2ccnc(N)c2)c(-c2ccc(Cl)s2)n1. The van der Waals surface area contributed by atoms with Crippen LogP contribution in [0, 0.1) is 0 Å². The Morgan fingerprint density at radius 3 is 2.71 bits per heavy atom. The first-order valence-electron chi connectivity index (χ1n) is 6.61. The Morgan fingerprint density at radius 2 is 2.10 bits per heavy atom. The topological polar surface area (TPSA) is 56.7 Å². The van der Waals surface area contributed by atoms with E-state index in [9.17, 15) is 0 Å². The largest absolute Gasteiger partial charge is 0.384 e. The zero-order valence-corrected chi connectivity index (χ0v) is 13.3. The summed E-state index contributed by atoms with van der Waals surface area (Å²) in [5.41, 5.74) is 8.77. The molecule has 0 spiro atoms. The Kier molecular flexibility index (Phi) is 3.69. The molecule has 0 saturated heterocycles. The lowest BCUT2D eigenvalue weighted by atomic mass is 10.1. The summed E-state index contributed by atoms with van der Waals surface area (Å²) in [7, 11) is 0. The fourth-order valence-corrected chi connectivity index (χ4v) is 3.15. The van der Waals surface area contributed by atoms with Crippen LogP contribution in [0.5, 0.6) is 0 Å². The molecular formula is C15H15ClN4S. The van der Waals surface area contributed by atoms with E-state index in [4.69, 9.17) is 22.4 Å². The van der Waals surface area contributed by atoms with Crippen molar-refractivity contribution < 1.29 is 0 Å². The van der Waals surface area contributed by atoms with E-state index in [1.54, 1.807) is 6.20 Å². The first-order chi connectivity index (χ1) is 10.0.